The molecule has 0 spiro atoms. The summed E-state index contributed by atoms with van der Waals surface area (Å²) in [5.74, 6) is 1.04. The maximum Gasteiger partial charge on any atom is 0.227 e. The fourth-order valence-corrected chi connectivity index (χ4v) is 2.00. The van der Waals surface area contributed by atoms with E-state index in [1.165, 1.54) is 0 Å². The van der Waals surface area contributed by atoms with Crippen molar-refractivity contribution in [1.29, 1.82) is 0 Å². The lowest BCUT2D eigenvalue weighted by Gasteiger charge is -2.15. The van der Waals surface area contributed by atoms with Crippen molar-refractivity contribution in [2.45, 2.75) is 18.9 Å². The minimum absolute atomic E-state index is 0.213. The minimum atomic E-state index is 0.213. The maximum absolute atomic E-state index is 11.6. The zero-order valence-electron chi connectivity index (χ0n) is 9.59. The Morgan fingerprint density at radius 1 is 1.35 bits per heavy atom. The minimum Gasteiger partial charge on any atom is -0.491 e. The summed E-state index contributed by atoms with van der Waals surface area (Å²) in [4.78, 5) is 13.4. The molecule has 1 aromatic rings. The second kappa shape index (κ2) is 4.37. The van der Waals surface area contributed by atoms with Gasteiger partial charge in [-0.1, -0.05) is 0 Å². The molecule has 0 saturated carbocycles. The third-order valence-electron chi connectivity index (χ3n) is 3.06. The SMILES string of the molecule is O=C1CCCN1c1ccc(OCC2CO2)cc1. The van der Waals surface area contributed by atoms with Crippen LogP contribution in [0.1, 0.15) is 12.8 Å². The molecular formula is C13H15NO3. The molecule has 0 aliphatic carbocycles. The van der Waals surface area contributed by atoms with E-state index in [9.17, 15) is 4.79 Å². The number of hydrogen-bond acceptors (Lipinski definition) is 3. The van der Waals surface area contributed by atoms with E-state index in [-0.39, 0.29) is 12.0 Å². The molecule has 1 aromatic carbocycles. The first-order valence-corrected chi connectivity index (χ1v) is 5.98. The van der Waals surface area contributed by atoms with Gasteiger partial charge in [-0.25, -0.2) is 0 Å². The van der Waals surface area contributed by atoms with Gasteiger partial charge in [0.2, 0.25) is 5.91 Å². The van der Waals surface area contributed by atoms with E-state index >= 15 is 0 Å². The Hall–Kier alpha value is -1.55. The Bertz CT molecular complexity index is 411. The predicted octanol–water partition coefficient (Wildman–Crippen LogP) is 1.59. The van der Waals surface area contributed by atoms with Crippen LogP contribution in [-0.4, -0.2) is 31.8 Å². The number of ether oxygens (including phenoxy) is 2. The van der Waals surface area contributed by atoms with Gasteiger partial charge in [0.05, 0.1) is 6.61 Å². The van der Waals surface area contributed by atoms with Gasteiger partial charge in [-0.3, -0.25) is 4.79 Å². The Morgan fingerprint density at radius 2 is 2.12 bits per heavy atom. The molecule has 2 aliphatic rings. The van der Waals surface area contributed by atoms with Gasteiger partial charge in [0, 0.05) is 18.7 Å². The highest BCUT2D eigenvalue weighted by Gasteiger charge is 2.23. The van der Waals surface area contributed by atoms with Gasteiger partial charge in [-0.15, -0.1) is 0 Å². The highest BCUT2D eigenvalue weighted by atomic mass is 16.6. The van der Waals surface area contributed by atoms with Crippen LogP contribution in [0.3, 0.4) is 0 Å². The zero-order chi connectivity index (χ0) is 11.7. The molecular weight excluding hydrogens is 218 g/mol. The second-order valence-corrected chi connectivity index (χ2v) is 4.41. The van der Waals surface area contributed by atoms with Crippen molar-refractivity contribution in [2.75, 3.05) is 24.7 Å². The van der Waals surface area contributed by atoms with E-state index in [4.69, 9.17) is 9.47 Å². The van der Waals surface area contributed by atoms with Gasteiger partial charge in [0.1, 0.15) is 18.5 Å². The molecule has 0 bridgehead atoms. The number of epoxide rings is 1. The van der Waals surface area contributed by atoms with E-state index in [1.807, 2.05) is 29.2 Å². The van der Waals surface area contributed by atoms with Crippen LogP contribution in [0.5, 0.6) is 5.75 Å². The summed E-state index contributed by atoms with van der Waals surface area (Å²) in [6.45, 7) is 2.25. The molecule has 0 aromatic heterocycles. The van der Waals surface area contributed by atoms with Gasteiger partial charge >= 0.3 is 0 Å². The Balaban J connectivity index is 1.64. The van der Waals surface area contributed by atoms with Gasteiger partial charge in [0.15, 0.2) is 0 Å². The van der Waals surface area contributed by atoms with Gasteiger partial charge in [-0.2, -0.15) is 0 Å². The van der Waals surface area contributed by atoms with Crippen LogP contribution in [0.4, 0.5) is 5.69 Å². The van der Waals surface area contributed by atoms with Gasteiger partial charge in [0.25, 0.3) is 0 Å². The molecule has 0 radical (unpaired) electrons. The third kappa shape index (κ3) is 2.42. The van der Waals surface area contributed by atoms with Crippen molar-refractivity contribution in [3.8, 4) is 5.75 Å². The molecule has 2 saturated heterocycles. The smallest absolute Gasteiger partial charge is 0.227 e. The highest BCUT2D eigenvalue weighted by Crippen LogP contribution is 2.24. The fraction of sp³-hybridized carbons (Fsp3) is 0.462. The summed E-state index contributed by atoms with van der Waals surface area (Å²) < 4.78 is 10.6. The Labute approximate surface area is 100 Å². The number of rotatable bonds is 4. The molecule has 2 heterocycles. The van der Waals surface area contributed by atoms with E-state index in [1.54, 1.807) is 0 Å². The monoisotopic (exact) mass is 233 g/mol. The molecule has 4 heteroatoms. The van der Waals surface area contributed by atoms with Crippen molar-refractivity contribution in [3.05, 3.63) is 24.3 Å². The molecule has 2 fully saturated rings. The largest absolute Gasteiger partial charge is 0.491 e. The average Bonchev–Trinajstić information content (AvgIpc) is 3.09. The zero-order valence-corrected chi connectivity index (χ0v) is 9.59. The number of hydrogen-bond donors (Lipinski definition) is 0. The van der Waals surface area contributed by atoms with Crippen LogP contribution in [-0.2, 0) is 9.53 Å². The van der Waals surface area contributed by atoms with Crippen LogP contribution in [0, 0.1) is 0 Å². The third-order valence-corrected chi connectivity index (χ3v) is 3.06. The number of carbonyl (C=O) groups excluding carboxylic acids is 1. The molecule has 90 valence electrons. The fourth-order valence-electron chi connectivity index (χ4n) is 2.00. The van der Waals surface area contributed by atoms with Gasteiger partial charge in [-0.05, 0) is 30.7 Å². The summed E-state index contributed by atoms with van der Waals surface area (Å²) >= 11 is 0. The van der Waals surface area contributed by atoms with Crippen LogP contribution >= 0.6 is 0 Å². The highest BCUT2D eigenvalue weighted by molar-refractivity contribution is 5.95. The van der Waals surface area contributed by atoms with Crippen LogP contribution in [0.25, 0.3) is 0 Å². The van der Waals surface area contributed by atoms with Crippen LogP contribution < -0.4 is 9.64 Å². The average molecular weight is 233 g/mol. The molecule has 1 atom stereocenters. The van der Waals surface area contributed by atoms with Gasteiger partial charge < -0.3 is 14.4 Å². The first-order chi connectivity index (χ1) is 8.33. The predicted molar refractivity (Wildman–Crippen MR) is 63.3 cm³/mol. The van der Waals surface area contributed by atoms with E-state index < -0.39 is 0 Å². The van der Waals surface area contributed by atoms with Crippen LogP contribution in [0.15, 0.2) is 24.3 Å². The number of amides is 1. The first-order valence-electron chi connectivity index (χ1n) is 5.98. The first kappa shape index (κ1) is 10.6. The van der Waals surface area contributed by atoms with Crippen molar-refractivity contribution in [2.24, 2.45) is 0 Å². The number of carbonyl (C=O) groups is 1. The number of nitrogens with zero attached hydrogens (tertiary/aromatic N) is 1. The molecule has 4 nitrogen and oxygen atoms in total. The van der Waals surface area contributed by atoms with E-state index in [0.717, 1.165) is 31.0 Å². The van der Waals surface area contributed by atoms with E-state index in [0.29, 0.717) is 13.0 Å². The van der Waals surface area contributed by atoms with Crippen molar-refractivity contribution >= 4 is 11.6 Å². The van der Waals surface area contributed by atoms with E-state index in [2.05, 4.69) is 0 Å². The summed E-state index contributed by atoms with van der Waals surface area (Å²) in [5.41, 5.74) is 0.961. The quantitative estimate of drug-likeness (QED) is 0.742. The Kier molecular flexibility index (Phi) is 2.73. The molecule has 0 N–H and O–H groups in total. The molecule has 1 amide bonds. The molecule has 17 heavy (non-hydrogen) atoms. The molecule has 1 unspecified atom stereocenters. The molecule has 2 aliphatic heterocycles. The lowest BCUT2D eigenvalue weighted by atomic mass is 10.3. The van der Waals surface area contributed by atoms with Crippen LogP contribution in [0.2, 0.25) is 0 Å². The second-order valence-electron chi connectivity index (χ2n) is 4.41. The Morgan fingerprint density at radius 3 is 2.71 bits per heavy atom. The lowest BCUT2D eigenvalue weighted by Crippen LogP contribution is -2.23. The standard InChI is InChI=1S/C13H15NO3/c15-13-2-1-7-14(13)10-3-5-11(6-4-10)16-8-12-9-17-12/h3-6,12H,1-2,7-9H2. The summed E-state index contributed by atoms with van der Waals surface area (Å²) in [6.07, 6.45) is 1.89. The normalized spacial score (nSPS) is 22.9. The maximum atomic E-state index is 11.6. The summed E-state index contributed by atoms with van der Waals surface area (Å²) in [7, 11) is 0. The van der Waals surface area contributed by atoms with Crippen molar-refractivity contribution < 1.29 is 14.3 Å². The molecule has 3 rings (SSSR count). The van der Waals surface area contributed by atoms with Crippen molar-refractivity contribution in [3.63, 3.8) is 0 Å². The van der Waals surface area contributed by atoms with Crippen molar-refractivity contribution in [1.82, 2.24) is 0 Å². The number of benzene rings is 1. The topological polar surface area (TPSA) is 42.1 Å². The number of anilines is 1. The summed E-state index contributed by atoms with van der Waals surface area (Å²) in [6, 6.07) is 7.69. The summed E-state index contributed by atoms with van der Waals surface area (Å²) in [5, 5.41) is 0. The lowest BCUT2D eigenvalue weighted by molar-refractivity contribution is -0.117.